The molecule has 0 aliphatic heterocycles. The lowest BCUT2D eigenvalue weighted by Crippen LogP contribution is -2.36. The van der Waals surface area contributed by atoms with Crippen molar-refractivity contribution >= 4 is 38.4 Å². The summed E-state index contributed by atoms with van der Waals surface area (Å²) in [6.07, 6.45) is 1.79. The first kappa shape index (κ1) is 21.3. The molecule has 12 heteroatoms. The van der Waals surface area contributed by atoms with Crippen LogP contribution in [0.15, 0.2) is 30.5 Å². The average molecular weight is 411 g/mol. The number of nitrogens with one attached hydrogen (secondary N) is 3. The second kappa shape index (κ2) is 9.28. The zero-order valence-electron chi connectivity index (χ0n) is 15.1. The number of aromatic nitrogens is 1. The number of hydrogen-bond acceptors (Lipinski definition) is 7. The highest BCUT2D eigenvalue weighted by atomic mass is 32.2. The third-order valence-corrected chi connectivity index (χ3v) is 4.59. The van der Waals surface area contributed by atoms with Gasteiger partial charge in [0.2, 0.25) is 10.0 Å². The highest BCUT2D eigenvalue weighted by molar-refractivity contribution is 7.88. The van der Waals surface area contributed by atoms with Gasteiger partial charge in [-0.05, 0) is 18.9 Å². The third kappa shape index (κ3) is 6.32. The number of nitro groups is 1. The van der Waals surface area contributed by atoms with Gasteiger partial charge < -0.3 is 15.7 Å². The lowest BCUT2D eigenvalue weighted by Gasteiger charge is -2.21. The van der Waals surface area contributed by atoms with Crippen molar-refractivity contribution < 1.29 is 23.2 Å². The number of carboxylic acid groups (broad SMARTS) is 1. The summed E-state index contributed by atoms with van der Waals surface area (Å²) in [5, 5.41) is 25.9. The monoisotopic (exact) mass is 411 g/mol. The lowest BCUT2D eigenvalue weighted by atomic mass is 10.1. The maximum Gasteiger partial charge on any atom is 0.404 e. The molecule has 1 aromatic carbocycles. The third-order valence-electron chi connectivity index (χ3n) is 3.90. The number of hydrogen-bond donors (Lipinski definition) is 4. The first-order valence-electron chi connectivity index (χ1n) is 8.37. The summed E-state index contributed by atoms with van der Waals surface area (Å²) >= 11 is 0. The Bertz CT molecular complexity index is 965. The van der Waals surface area contributed by atoms with Crippen LogP contribution in [0.1, 0.15) is 12.8 Å². The van der Waals surface area contributed by atoms with Crippen LogP contribution >= 0.6 is 0 Å². The number of carbonyl (C=O) groups is 1. The highest BCUT2D eigenvalue weighted by Crippen LogP contribution is 2.32. The zero-order chi connectivity index (χ0) is 20.7. The summed E-state index contributed by atoms with van der Waals surface area (Å²) in [5.41, 5.74) is 0.562. The Balaban J connectivity index is 2.29. The minimum Gasteiger partial charge on any atom is -0.465 e. The van der Waals surface area contributed by atoms with E-state index >= 15 is 0 Å². The van der Waals surface area contributed by atoms with Crippen molar-refractivity contribution in [2.75, 3.05) is 24.7 Å². The van der Waals surface area contributed by atoms with Gasteiger partial charge in [0.25, 0.3) is 0 Å². The van der Waals surface area contributed by atoms with Gasteiger partial charge in [0.05, 0.1) is 16.7 Å². The van der Waals surface area contributed by atoms with Gasteiger partial charge in [-0.3, -0.25) is 10.1 Å². The Morgan fingerprint density at radius 3 is 2.71 bits per heavy atom. The van der Waals surface area contributed by atoms with Crippen molar-refractivity contribution in [2.45, 2.75) is 18.9 Å². The normalized spacial score (nSPS) is 12.5. The van der Waals surface area contributed by atoms with Crippen molar-refractivity contribution in [2.24, 2.45) is 0 Å². The molecule has 0 saturated carbocycles. The molecule has 0 aliphatic carbocycles. The summed E-state index contributed by atoms with van der Waals surface area (Å²) in [6.45, 7) is 0.158. The molecule has 0 unspecified atom stereocenters. The number of anilines is 1. The summed E-state index contributed by atoms with van der Waals surface area (Å²) in [4.78, 5) is 25.5. The minimum atomic E-state index is -3.47. The van der Waals surface area contributed by atoms with Crippen molar-refractivity contribution in [3.63, 3.8) is 0 Å². The highest BCUT2D eigenvalue weighted by Gasteiger charge is 2.21. The van der Waals surface area contributed by atoms with Crippen LogP contribution in [-0.2, 0) is 10.0 Å². The molecule has 1 amide bonds. The molecule has 1 heterocycles. The predicted molar refractivity (Wildman–Crippen MR) is 104 cm³/mol. The summed E-state index contributed by atoms with van der Waals surface area (Å²) in [5.74, 6) is 0. The Hall–Kier alpha value is -2.99. The Morgan fingerprint density at radius 1 is 1.36 bits per heavy atom. The van der Waals surface area contributed by atoms with E-state index in [0.717, 1.165) is 12.5 Å². The van der Waals surface area contributed by atoms with E-state index in [1.165, 1.54) is 0 Å². The SMILES string of the molecule is CS(=O)(=O)NC[C@H](CCCNC(=O)O)Nc1c([N+](=O)[O-])cnc2ccccc12. The Kier molecular flexibility index (Phi) is 7.06. The van der Waals surface area contributed by atoms with Gasteiger partial charge in [-0.1, -0.05) is 18.2 Å². The van der Waals surface area contributed by atoms with E-state index in [4.69, 9.17) is 5.11 Å². The van der Waals surface area contributed by atoms with E-state index in [-0.39, 0.29) is 24.5 Å². The molecular formula is C16H21N5O6S. The maximum atomic E-state index is 11.4. The zero-order valence-corrected chi connectivity index (χ0v) is 15.9. The van der Waals surface area contributed by atoms with Crippen molar-refractivity contribution in [3.8, 4) is 0 Å². The number of pyridine rings is 1. The average Bonchev–Trinajstić information content (AvgIpc) is 2.61. The molecule has 11 nitrogen and oxygen atoms in total. The van der Waals surface area contributed by atoms with E-state index in [2.05, 4.69) is 20.3 Å². The Labute approximate surface area is 161 Å². The van der Waals surface area contributed by atoms with Crippen LogP contribution in [-0.4, -0.2) is 54.9 Å². The summed E-state index contributed by atoms with van der Waals surface area (Å²) in [7, 11) is -3.47. The van der Waals surface area contributed by atoms with Crippen LogP contribution in [0.2, 0.25) is 0 Å². The van der Waals surface area contributed by atoms with E-state index in [1.54, 1.807) is 24.3 Å². The largest absolute Gasteiger partial charge is 0.465 e. The number of benzene rings is 1. The quantitative estimate of drug-likeness (QED) is 0.260. The molecule has 0 fully saturated rings. The fourth-order valence-electron chi connectivity index (χ4n) is 2.65. The molecule has 0 saturated heterocycles. The van der Waals surface area contributed by atoms with E-state index in [9.17, 15) is 23.3 Å². The van der Waals surface area contributed by atoms with Gasteiger partial charge in [-0.15, -0.1) is 0 Å². The number of rotatable bonds is 10. The first-order valence-corrected chi connectivity index (χ1v) is 10.3. The topological polar surface area (TPSA) is 164 Å². The van der Waals surface area contributed by atoms with E-state index in [0.29, 0.717) is 23.7 Å². The maximum absolute atomic E-state index is 11.4. The number of amides is 1. The van der Waals surface area contributed by atoms with Crippen LogP contribution in [0.4, 0.5) is 16.2 Å². The lowest BCUT2D eigenvalue weighted by molar-refractivity contribution is -0.384. The minimum absolute atomic E-state index is 0.0142. The van der Waals surface area contributed by atoms with Gasteiger partial charge in [0.15, 0.2) is 0 Å². The number of nitrogens with zero attached hydrogens (tertiary/aromatic N) is 2. The summed E-state index contributed by atoms with van der Waals surface area (Å²) < 4.78 is 25.3. The molecule has 2 aromatic rings. The van der Waals surface area contributed by atoms with Crippen LogP contribution in [0.5, 0.6) is 0 Å². The van der Waals surface area contributed by atoms with Crippen LogP contribution in [0.3, 0.4) is 0 Å². The van der Waals surface area contributed by atoms with E-state index < -0.39 is 27.1 Å². The molecule has 0 bridgehead atoms. The van der Waals surface area contributed by atoms with Crippen LogP contribution in [0.25, 0.3) is 10.9 Å². The predicted octanol–water partition coefficient (Wildman–Crippen LogP) is 1.52. The van der Waals surface area contributed by atoms with Crippen LogP contribution in [0, 0.1) is 10.1 Å². The Morgan fingerprint density at radius 2 is 2.07 bits per heavy atom. The second-order valence-electron chi connectivity index (χ2n) is 6.13. The molecule has 0 radical (unpaired) electrons. The molecular weight excluding hydrogens is 390 g/mol. The fraction of sp³-hybridized carbons (Fsp3) is 0.375. The van der Waals surface area contributed by atoms with Gasteiger partial charge >= 0.3 is 11.8 Å². The smallest absolute Gasteiger partial charge is 0.404 e. The van der Waals surface area contributed by atoms with Crippen molar-refractivity contribution in [1.29, 1.82) is 0 Å². The molecule has 152 valence electrons. The molecule has 4 N–H and O–H groups in total. The molecule has 1 aromatic heterocycles. The molecule has 2 rings (SSSR count). The van der Waals surface area contributed by atoms with Gasteiger partial charge in [-0.25, -0.2) is 22.9 Å². The van der Waals surface area contributed by atoms with Gasteiger partial charge in [-0.2, -0.15) is 0 Å². The van der Waals surface area contributed by atoms with Gasteiger partial charge in [0, 0.05) is 24.5 Å². The standard InChI is InChI=1S/C16H21N5O6S/c1-28(26,27)19-9-11(5-4-8-17-16(22)23)20-15-12-6-2-3-7-13(12)18-10-14(15)21(24)25/h2-3,6-7,10-11,17,19H,4-5,8-9H2,1H3,(H,18,20)(H,22,23)/t11-/m0/s1. The molecule has 0 aliphatic rings. The summed E-state index contributed by atoms with van der Waals surface area (Å²) in [6, 6.07) is 6.37. The number of para-hydroxylation sites is 1. The molecule has 0 spiro atoms. The van der Waals surface area contributed by atoms with E-state index in [1.807, 2.05) is 0 Å². The number of fused-ring (bicyclic) bond motifs is 1. The van der Waals surface area contributed by atoms with Gasteiger partial charge in [0.1, 0.15) is 11.9 Å². The molecule has 1 atom stereocenters. The number of sulfonamides is 1. The fourth-order valence-corrected chi connectivity index (χ4v) is 3.15. The van der Waals surface area contributed by atoms with Crippen molar-refractivity contribution in [1.82, 2.24) is 15.0 Å². The van der Waals surface area contributed by atoms with Crippen LogP contribution < -0.4 is 15.4 Å². The van der Waals surface area contributed by atoms with Crippen molar-refractivity contribution in [3.05, 3.63) is 40.6 Å². The first-order chi connectivity index (χ1) is 13.2. The second-order valence-corrected chi connectivity index (χ2v) is 7.96. The molecule has 28 heavy (non-hydrogen) atoms.